The number of carboxylic acids is 1. The standard InChI is InChI=1S/C12H9F2NO2S/c13-9-4-7(12(16)17)5-10(14)11(9)15-6-8-2-1-3-18-8/h1-5,15H,6H2,(H,16,17). The Hall–Kier alpha value is -1.95. The molecule has 0 radical (unpaired) electrons. The number of carbonyl (C=O) groups is 1. The third-order valence-electron chi connectivity index (χ3n) is 2.31. The Kier molecular flexibility index (Phi) is 3.57. The minimum Gasteiger partial charge on any atom is -0.478 e. The molecule has 0 aliphatic heterocycles. The summed E-state index contributed by atoms with van der Waals surface area (Å²) in [6.45, 7) is 0.290. The quantitative estimate of drug-likeness (QED) is 0.895. The Morgan fingerprint density at radius 3 is 2.50 bits per heavy atom. The molecule has 0 unspecified atom stereocenters. The third kappa shape index (κ3) is 2.65. The number of rotatable bonds is 4. The van der Waals surface area contributed by atoms with E-state index in [4.69, 9.17) is 5.11 Å². The molecule has 0 atom stereocenters. The van der Waals surface area contributed by atoms with Crippen LogP contribution in [-0.2, 0) is 6.54 Å². The Morgan fingerprint density at radius 1 is 1.33 bits per heavy atom. The monoisotopic (exact) mass is 269 g/mol. The first-order chi connectivity index (χ1) is 8.58. The number of hydrogen-bond acceptors (Lipinski definition) is 3. The highest BCUT2D eigenvalue weighted by Crippen LogP contribution is 2.22. The molecule has 0 saturated heterocycles. The van der Waals surface area contributed by atoms with Gasteiger partial charge in [0, 0.05) is 11.4 Å². The van der Waals surface area contributed by atoms with Crippen molar-refractivity contribution in [3.05, 3.63) is 51.7 Å². The van der Waals surface area contributed by atoms with Gasteiger partial charge in [-0.25, -0.2) is 13.6 Å². The van der Waals surface area contributed by atoms with Crippen LogP contribution < -0.4 is 5.32 Å². The molecule has 2 N–H and O–H groups in total. The van der Waals surface area contributed by atoms with Crippen molar-refractivity contribution in [3.63, 3.8) is 0 Å². The van der Waals surface area contributed by atoms with E-state index in [2.05, 4.69) is 5.32 Å². The second kappa shape index (κ2) is 5.14. The molecule has 2 rings (SSSR count). The van der Waals surface area contributed by atoms with E-state index >= 15 is 0 Å². The number of hydrogen-bond donors (Lipinski definition) is 2. The Labute approximate surface area is 106 Å². The van der Waals surface area contributed by atoms with Crippen molar-refractivity contribution in [2.24, 2.45) is 0 Å². The van der Waals surface area contributed by atoms with Crippen LogP contribution in [0.4, 0.5) is 14.5 Å². The molecule has 0 bridgehead atoms. The van der Waals surface area contributed by atoms with Crippen LogP contribution >= 0.6 is 11.3 Å². The Balaban J connectivity index is 2.20. The molecule has 0 fully saturated rings. The summed E-state index contributed by atoms with van der Waals surface area (Å²) >= 11 is 1.46. The molecular weight excluding hydrogens is 260 g/mol. The van der Waals surface area contributed by atoms with Crippen molar-refractivity contribution < 1.29 is 18.7 Å². The zero-order valence-electron chi connectivity index (χ0n) is 9.11. The number of thiophene rings is 1. The second-order valence-corrected chi connectivity index (χ2v) is 4.59. The van der Waals surface area contributed by atoms with Crippen molar-refractivity contribution in [1.82, 2.24) is 0 Å². The molecule has 1 aromatic carbocycles. The Morgan fingerprint density at radius 2 is 2.00 bits per heavy atom. The van der Waals surface area contributed by atoms with Gasteiger partial charge in [-0.05, 0) is 23.6 Å². The maximum absolute atomic E-state index is 13.5. The largest absolute Gasteiger partial charge is 0.478 e. The van der Waals surface area contributed by atoms with E-state index < -0.39 is 23.2 Å². The maximum atomic E-state index is 13.5. The van der Waals surface area contributed by atoms with Crippen LogP contribution in [0.3, 0.4) is 0 Å². The van der Waals surface area contributed by atoms with Gasteiger partial charge in [0.05, 0.1) is 5.56 Å². The predicted octanol–water partition coefficient (Wildman–Crippen LogP) is 3.34. The van der Waals surface area contributed by atoms with E-state index in [0.29, 0.717) is 0 Å². The highest BCUT2D eigenvalue weighted by molar-refractivity contribution is 7.09. The molecule has 1 heterocycles. The summed E-state index contributed by atoms with van der Waals surface area (Å²) in [6.07, 6.45) is 0. The minimum absolute atomic E-state index is 0.290. The average molecular weight is 269 g/mol. The van der Waals surface area contributed by atoms with Gasteiger partial charge in [-0.1, -0.05) is 6.07 Å². The lowest BCUT2D eigenvalue weighted by molar-refractivity contribution is 0.0696. The van der Waals surface area contributed by atoms with Crippen LogP contribution in [0.2, 0.25) is 0 Å². The van der Waals surface area contributed by atoms with Crippen LogP contribution in [0, 0.1) is 11.6 Å². The van der Waals surface area contributed by atoms with Crippen LogP contribution in [0.25, 0.3) is 0 Å². The van der Waals surface area contributed by atoms with Crippen LogP contribution in [0.15, 0.2) is 29.6 Å². The van der Waals surface area contributed by atoms with Crippen molar-refractivity contribution in [1.29, 1.82) is 0 Å². The lowest BCUT2D eigenvalue weighted by atomic mass is 10.2. The molecule has 18 heavy (non-hydrogen) atoms. The van der Waals surface area contributed by atoms with E-state index in [0.717, 1.165) is 17.0 Å². The summed E-state index contributed by atoms with van der Waals surface area (Å²) in [7, 11) is 0. The van der Waals surface area contributed by atoms with Gasteiger partial charge in [-0.2, -0.15) is 0 Å². The van der Waals surface area contributed by atoms with Gasteiger partial charge in [-0.15, -0.1) is 11.3 Å². The molecule has 94 valence electrons. The molecule has 2 aromatic rings. The zero-order valence-corrected chi connectivity index (χ0v) is 9.93. The van der Waals surface area contributed by atoms with E-state index in [1.807, 2.05) is 17.5 Å². The highest BCUT2D eigenvalue weighted by Gasteiger charge is 2.14. The lowest BCUT2D eigenvalue weighted by Gasteiger charge is -2.08. The molecule has 6 heteroatoms. The molecule has 3 nitrogen and oxygen atoms in total. The molecule has 1 aromatic heterocycles. The molecular formula is C12H9F2NO2S. The Bertz CT molecular complexity index is 546. The maximum Gasteiger partial charge on any atom is 0.335 e. The van der Waals surface area contributed by atoms with Crippen LogP contribution in [-0.4, -0.2) is 11.1 Å². The number of benzene rings is 1. The van der Waals surface area contributed by atoms with Crippen molar-refractivity contribution in [3.8, 4) is 0 Å². The van der Waals surface area contributed by atoms with Crippen molar-refractivity contribution >= 4 is 23.0 Å². The van der Waals surface area contributed by atoms with Crippen molar-refractivity contribution in [2.75, 3.05) is 5.32 Å². The van der Waals surface area contributed by atoms with Gasteiger partial charge >= 0.3 is 5.97 Å². The summed E-state index contributed by atoms with van der Waals surface area (Å²) in [5, 5.41) is 13.1. The third-order valence-corrected chi connectivity index (χ3v) is 3.18. The topological polar surface area (TPSA) is 49.3 Å². The summed E-state index contributed by atoms with van der Waals surface area (Å²) in [5.74, 6) is -3.19. The summed E-state index contributed by atoms with van der Waals surface area (Å²) in [6, 6.07) is 5.26. The highest BCUT2D eigenvalue weighted by atomic mass is 32.1. The smallest absolute Gasteiger partial charge is 0.335 e. The number of anilines is 1. The fraction of sp³-hybridized carbons (Fsp3) is 0.0833. The lowest BCUT2D eigenvalue weighted by Crippen LogP contribution is -2.06. The van der Waals surface area contributed by atoms with Crippen molar-refractivity contribution in [2.45, 2.75) is 6.54 Å². The fourth-order valence-electron chi connectivity index (χ4n) is 1.45. The molecule has 0 saturated carbocycles. The van der Waals surface area contributed by atoms with E-state index in [1.165, 1.54) is 11.3 Å². The number of halogens is 2. The van der Waals surface area contributed by atoms with Gasteiger partial charge in [0.15, 0.2) is 0 Å². The normalized spacial score (nSPS) is 10.3. The average Bonchev–Trinajstić information content (AvgIpc) is 2.80. The number of nitrogens with one attached hydrogen (secondary N) is 1. The first kappa shape index (κ1) is 12.5. The first-order valence-corrected chi connectivity index (χ1v) is 5.94. The second-order valence-electron chi connectivity index (χ2n) is 3.55. The summed E-state index contributed by atoms with van der Waals surface area (Å²) in [5.41, 5.74) is -0.722. The molecule has 0 aliphatic rings. The van der Waals surface area contributed by atoms with Crippen LogP contribution in [0.1, 0.15) is 15.2 Å². The summed E-state index contributed by atoms with van der Waals surface area (Å²) < 4.78 is 27.1. The van der Waals surface area contributed by atoms with E-state index in [-0.39, 0.29) is 12.2 Å². The summed E-state index contributed by atoms with van der Waals surface area (Å²) in [4.78, 5) is 11.5. The van der Waals surface area contributed by atoms with Gasteiger partial charge in [0.25, 0.3) is 0 Å². The van der Waals surface area contributed by atoms with Gasteiger partial charge < -0.3 is 10.4 Å². The van der Waals surface area contributed by atoms with Crippen LogP contribution in [0.5, 0.6) is 0 Å². The predicted molar refractivity (Wildman–Crippen MR) is 65.0 cm³/mol. The van der Waals surface area contributed by atoms with Gasteiger partial charge in [-0.3, -0.25) is 0 Å². The zero-order chi connectivity index (χ0) is 13.1. The van der Waals surface area contributed by atoms with Gasteiger partial charge in [0.2, 0.25) is 0 Å². The molecule has 0 amide bonds. The fourth-order valence-corrected chi connectivity index (χ4v) is 2.10. The number of aromatic carboxylic acids is 1. The van der Waals surface area contributed by atoms with E-state index in [9.17, 15) is 13.6 Å². The molecule has 0 spiro atoms. The molecule has 0 aliphatic carbocycles. The number of carboxylic acid groups (broad SMARTS) is 1. The van der Waals surface area contributed by atoms with Gasteiger partial charge in [0.1, 0.15) is 17.3 Å². The SMILES string of the molecule is O=C(O)c1cc(F)c(NCc2cccs2)c(F)c1. The minimum atomic E-state index is -1.36. The van der Waals surface area contributed by atoms with E-state index in [1.54, 1.807) is 0 Å². The first-order valence-electron chi connectivity index (χ1n) is 5.06.